The molecule has 0 amide bonds. The molecule has 1 aliphatic heterocycles. The molecule has 2 aromatic rings. The molecule has 0 radical (unpaired) electrons. The van der Waals surface area contributed by atoms with E-state index >= 15 is 0 Å². The van der Waals surface area contributed by atoms with E-state index in [0.717, 1.165) is 10.3 Å². The Morgan fingerprint density at radius 1 is 1.41 bits per heavy atom. The summed E-state index contributed by atoms with van der Waals surface area (Å²) < 4.78 is 3.03. The van der Waals surface area contributed by atoms with E-state index in [9.17, 15) is 0 Å². The Balaban J connectivity index is 2.07. The molecule has 3 rings (SSSR count). The largest absolute Gasteiger partial charge is 0.328 e. The number of aryl methyl sites for hydroxylation is 2. The molecule has 2 heterocycles. The van der Waals surface area contributed by atoms with Crippen molar-refractivity contribution in [1.82, 2.24) is 9.55 Å². The lowest BCUT2D eigenvalue weighted by atomic mass is 10.0. The maximum Gasteiger partial charge on any atom is 0.112 e. The number of rotatable bonds is 1. The van der Waals surface area contributed by atoms with Crippen LogP contribution in [0.5, 0.6) is 0 Å². The van der Waals surface area contributed by atoms with Gasteiger partial charge in [-0.05, 0) is 52.2 Å². The quantitative estimate of drug-likeness (QED) is 0.795. The Kier molecular flexibility index (Phi) is 3.01. The van der Waals surface area contributed by atoms with Crippen LogP contribution in [0.3, 0.4) is 0 Å². The summed E-state index contributed by atoms with van der Waals surface area (Å²) in [5.74, 6) is 1.25. The average molecular weight is 309 g/mol. The van der Waals surface area contributed by atoms with Gasteiger partial charge in [-0.15, -0.1) is 11.8 Å². The first kappa shape index (κ1) is 11.4. The highest BCUT2D eigenvalue weighted by atomic mass is 79.9. The van der Waals surface area contributed by atoms with Gasteiger partial charge in [0.15, 0.2) is 0 Å². The second-order valence-corrected chi connectivity index (χ2v) is 6.16. The maximum absolute atomic E-state index is 4.44. The first-order valence-corrected chi connectivity index (χ1v) is 7.46. The zero-order chi connectivity index (χ0) is 11.8. The molecule has 17 heavy (non-hydrogen) atoms. The molecule has 0 spiro atoms. The van der Waals surface area contributed by atoms with Gasteiger partial charge in [0, 0.05) is 17.5 Å². The zero-order valence-corrected chi connectivity index (χ0v) is 12.0. The first-order chi connectivity index (χ1) is 8.25. The van der Waals surface area contributed by atoms with E-state index in [0.29, 0.717) is 0 Å². The van der Waals surface area contributed by atoms with Crippen LogP contribution in [0.2, 0.25) is 0 Å². The zero-order valence-electron chi connectivity index (χ0n) is 9.61. The number of halogens is 1. The predicted molar refractivity (Wildman–Crippen MR) is 75.4 cm³/mol. The minimum atomic E-state index is 1.03. The molecule has 0 N–H and O–H groups in total. The van der Waals surface area contributed by atoms with Gasteiger partial charge in [-0.2, -0.15) is 0 Å². The topological polar surface area (TPSA) is 17.8 Å². The van der Waals surface area contributed by atoms with Crippen LogP contribution in [0.25, 0.3) is 11.3 Å². The molecule has 0 bridgehead atoms. The van der Waals surface area contributed by atoms with Crippen molar-refractivity contribution in [1.29, 1.82) is 0 Å². The van der Waals surface area contributed by atoms with Crippen molar-refractivity contribution in [3.8, 4) is 11.3 Å². The van der Waals surface area contributed by atoms with Gasteiger partial charge in [0.25, 0.3) is 0 Å². The number of nitrogens with zero attached hydrogens (tertiary/aromatic N) is 2. The van der Waals surface area contributed by atoms with Gasteiger partial charge >= 0.3 is 0 Å². The summed E-state index contributed by atoms with van der Waals surface area (Å²) in [7, 11) is 1.99. The van der Waals surface area contributed by atoms with Gasteiger partial charge in [0.05, 0.1) is 6.33 Å². The van der Waals surface area contributed by atoms with E-state index in [4.69, 9.17) is 0 Å². The number of fused-ring (bicyclic) bond motifs is 1. The molecule has 0 saturated heterocycles. The van der Waals surface area contributed by atoms with Crippen molar-refractivity contribution in [2.45, 2.75) is 17.7 Å². The molecule has 88 valence electrons. The van der Waals surface area contributed by atoms with Crippen molar-refractivity contribution in [3.63, 3.8) is 0 Å². The Labute approximate surface area is 114 Å². The lowest BCUT2D eigenvalue weighted by Gasteiger charge is -2.15. The van der Waals surface area contributed by atoms with Gasteiger partial charge in [-0.1, -0.05) is 6.07 Å². The van der Waals surface area contributed by atoms with Crippen LogP contribution in [0.1, 0.15) is 12.0 Å². The minimum absolute atomic E-state index is 1.03. The molecule has 2 nitrogen and oxygen atoms in total. The second kappa shape index (κ2) is 4.50. The van der Waals surface area contributed by atoms with Crippen molar-refractivity contribution < 1.29 is 0 Å². The summed E-state index contributed by atoms with van der Waals surface area (Å²) >= 11 is 5.54. The third-order valence-electron chi connectivity index (χ3n) is 3.05. The summed E-state index contributed by atoms with van der Waals surface area (Å²) in [6, 6.07) is 6.69. The highest BCUT2D eigenvalue weighted by Crippen LogP contribution is 2.34. The molecular formula is C13H13BrN2S. The fraction of sp³-hybridized carbons (Fsp3) is 0.308. The smallest absolute Gasteiger partial charge is 0.112 e. The lowest BCUT2D eigenvalue weighted by Crippen LogP contribution is -1.98. The Morgan fingerprint density at radius 2 is 2.29 bits per heavy atom. The third-order valence-corrected chi connectivity index (χ3v) is 5.18. The molecule has 1 aliphatic rings. The molecular weight excluding hydrogens is 296 g/mol. The van der Waals surface area contributed by atoms with E-state index in [1.165, 1.54) is 34.6 Å². The van der Waals surface area contributed by atoms with E-state index < -0.39 is 0 Å². The summed E-state index contributed by atoms with van der Waals surface area (Å²) in [4.78, 5) is 5.88. The molecule has 0 atom stereocenters. The van der Waals surface area contributed by atoms with E-state index in [1.54, 1.807) is 0 Å². The summed E-state index contributed by atoms with van der Waals surface area (Å²) in [5.41, 5.74) is 3.71. The number of thioether (sulfide) groups is 1. The predicted octanol–water partition coefficient (Wildman–Crippen LogP) is 3.89. The van der Waals surface area contributed by atoms with E-state index in [2.05, 4.69) is 39.1 Å². The molecule has 0 saturated carbocycles. The van der Waals surface area contributed by atoms with Crippen LogP contribution in [0.15, 0.2) is 34.0 Å². The van der Waals surface area contributed by atoms with Gasteiger partial charge in [0.2, 0.25) is 0 Å². The van der Waals surface area contributed by atoms with Crippen LogP contribution in [-0.2, 0) is 13.5 Å². The second-order valence-electron chi connectivity index (χ2n) is 4.27. The van der Waals surface area contributed by atoms with Crippen LogP contribution >= 0.6 is 27.7 Å². The monoisotopic (exact) mass is 308 g/mol. The Bertz CT molecular complexity index is 563. The Hall–Kier alpha value is -0.740. The SMILES string of the molecule is Cn1cnc(-c2ccc3c(c2)CCCS3)c1Br. The van der Waals surface area contributed by atoms with Crippen LogP contribution in [0.4, 0.5) is 0 Å². The minimum Gasteiger partial charge on any atom is -0.328 e. The van der Waals surface area contributed by atoms with Crippen molar-refractivity contribution in [2.24, 2.45) is 7.05 Å². The van der Waals surface area contributed by atoms with Gasteiger partial charge in [-0.3, -0.25) is 0 Å². The van der Waals surface area contributed by atoms with E-state index in [1.807, 2.05) is 29.7 Å². The number of benzene rings is 1. The molecule has 0 unspecified atom stereocenters. The molecule has 4 heteroatoms. The molecule has 0 aliphatic carbocycles. The van der Waals surface area contributed by atoms with Crippen LogP contribution in [-0.4, -0.2) is 15.3 Å². The molecule has 1 aromatic carbocycles. The Morgan fingerprint density at radius 3 is 3.06 bits per heavy atom. The standard InChI is InChI=1S/C13H13BrN2S/c1-16-8-15-12(13(16)14)10-4-5-11-9(7-10)3-2-6-17-11/h4-5,7-8H,2-3,6H2,1H3. The number of imidazole rings is 1. The lowest BCUT2D eigenvalue weighted by molar-refractivity contribution is 0.888. The average Bonchev–Trinajstić information content (AvgIpc) is 2.70. The molecule has 0 fully saturated rings. The summed E-state index contributed by atoms with van der Waals surface area (Å²) in [6.07, 6.45) is 4.32. The van der Waals surface area contributed by atoms with Gasteiger partial charge in [-0.25, -0.2) is 4.98 Å². The maximum atomic E-state index is 4.44. The van der Waals surface area contributed by atoms with Crippen molar-refractivity contribution in [3.05, 3.63) is 34.7 Å². The molecule has 1 aromatic heterocycles. The fourth-order valence-corrected chi connectivity index (χ4v) is 3.56. The normalized spacial score (nSPS) is 14.7. The highest BCUT2D eigenvalue weighted by molar-refractivity contribution is 9.10. The first-order valence-electron chi connectivity index (χ1n) is 5.68. The number of hydrogen-bond acceptors (Lipinski definition) is 2. The van der Waals surface area contributed by atoms with Gasteiger partial charge < -0.3 is 4.57 Å². The van der Waals surface area contributed by atoms with Gasteiger partial charge in [0.1, 0.15) is 10.3 Å². The number of aromatic nitrogens is 2. The third kappa shape index (κ3) is 2.04. The van der Waals surface area contributed by atoms with Crippen molar-refractivity contribution in [2.75, 3.05) is 5.75 Å². The number of hydrogen-bond donors (Lipinski definition) is 0. The highest BCUT2D eigenvalue weighted by Gasteiger charge is 2.13. The summed E-state index contributed by atoms with van der Waals surface area (Å²) in [6.45, 7) is 0. The fourth-order valence-electron chi connectivity index (χ4n) is 2.12. The van der Waals surface area contributed by atoms with Crippen molar-refractivity contribution >= 4 is 27.7 Å². The van der Waals surface area contributed by atoms with Crippen LogP contribution in [0, 0.1) is 0 Å². The summed E-state index contributed by atoms with van der Waals surface area (Å²) in [5, 5.41) is 0. The van der Waals surface area contributed by atoms with E-state index in [-0.39, 0.29) is 0 Å². The van der Waals surface area contributed by atoms with Crippen LogP contribution < -0.4 is 0 Å².